The number of benzene rings is 3. The molecular weight excluding hydrogens is 517 g/mol. The minimum Gasteiger partial charge on any atom is -0.488 e. The fraction of sp³-hybridized carbons (Fsp3) is 0.226. The van der Waals surface area contributed by atoms with Gasteiger partial charge in [0.1, 0.15) is 18.2 Å². The van der Waals surface area contributed by atoms with Crippen LogP contribution in [0.5, 0.6) is 5.75 Å². The number of halogens is 2. The SMILES string of the molecule is Cc1nc2c(c(=O)n1C(c1ccccc1)c1ccccc1)CCN(CC1=C(Cl)c3ccc(Cl)cc3OC1)C2. The van der Waals surface area contributed by atoms with Gasteiger partial charge in [-0.15, -0.1) is 0 Å². The van der Waals surface area contributed by atoms with Crippen LogP contribution in [0.1, 0.15) is 39.8 Å². The normalized spacial score (nSPS) is 15.3. The molecular formula is C31H27Cl2N3O2. The quantitative estimate of drug-likeness (QED) is 0.298. The molecule has 0 unspecified atom stereocenters. The molecule has 192 valence electrons. The average Bonchev–Trinajstić information content (AvgIpc) is 2.93. The van der Waals surface area contributed by atoms with Crippen LogP contribution >= 0.6 is 23.2 Å². The maximum Gasteiger partial charge on any atom is 0.257 e. The number of hydrogen-bond acceptors (Lipinski definition) is 4. The number of aryl methyl sites for hydroxylation is 1. The van der Waals surface area contributed by atoms with Crippen molar-refractivity contribution in [3.63, 3.8) is 0 Å². The average molecular weight is 544 g/mol. The minimum absolute atomic E-state index is 0.0360. The number of nitrogens with zero attached hydrogens (tertiary/aromatic N) is 3. The second-order valence-electron chi connectivity index (χ2n) is 9.79. The van der Waals surface area contributed by atoms with E-state index in [4.69, 9.17) is 32.9 Å². The lowest BCUT2D eigenvalue weighted by molar-refractivity contribution is 0.251. The third kappa shape index (κ3) is 4.66. The van der Waals surface area contributed by atoms with Crippen molar-refractivity contribution in [1.29, 1.82) is 0 Å². The van der Waals surface area contributed by atoms with E-state index in [9.17, 15) is 4.79 Å². The molecule has 0 radical (unpaired) electrons. The van der Waals surface area contributed by atoms with E-state index >= 15 is 0 Å². The highest BCUT2D eigenvalue weighted by molar-refractivity contribution is 6.49. The largest absolute Gasteiger partial charge is 0.488 e. The highest BCUT2D eigenvalue weighted by atomic mass is 35.5. The fourth-order valence-electron chi connectivity index (χ4n) is 5.48. The number of ether oxygens (including phenoxy) is 1. The summed E-state index contributed by atoms with van der Waals surface area (Å²) in [6, 6.07) is 25.6. The van der Waals surface area contributed by atoms with Crippen molar-refractivity contribution in [2.75, 3.05) is 19.7 Å². The molecule has 1 aromatic heterocycles. The van der Waals surface area contributed by atoms with Gasteiger partial charge in [0.15, 0.2) is 0 Å². The Bertz CT molecular complexity index is 1540. The Labute approximate surface area is 231 Å². The zero-order chi connectivity index (χ0) is 26.2. The molecule has 38 heavy (non-hydrogen) atoms. The number of hydrogen-bond donors (Lipinski definition) is 0. The highest BCUT2D eigenvalue weighted by Gasteiger charge is 2.28. The molecule has 0 spiro atoms. The van der Waals surface area contributed by atoms with Crippen LogP contribution in [0.3, 0.4) is 0 Å². The molecule has 0 aliphatic carbocycles. The summed E-state index contributed by atoms with van der Waals surface area (Å²) >= 11 is 12.9. The van der Waals surface area contributed by atoms with Gasteiger partial charge in [-0.05, 0) is 42.7 Å². The van der Waals surface area contributed by atoms with Gasteiger partial charge in [-0.1, -0.05) is 83.9 Å². The summed E-state index contributed by atoms with van der Waals surface area (Å²) in [7, 11) is 0. The van der Waals surface area contributed by atoms with Crippen LogP contribution in [0.4, 0.5) is 0 Å². The van der Waals surface area contributed by atoms with E-state index in [1.54, 1.807) is 6.07 Å². The Hall–Kier alpha value is -3.38. The van der Waals surface area contributed by atoms with E-state index in [1.165, 1.54) is 0 Å². The second kappa shape index (κ2) is 10.4. The summed E-state index contributed by atoms with van der Waals surface area (Å²) in [4.78, 5) is 21.2. The van der Waals surface area contributed by atoms with Crippen molar-refractivity contribution in [2.45, 2.75) is 25.9 Å². The topological polar surface area (TPSA) is 47.4 Å². The zero-order valence-electron chi connectivity index (χ0n) is 21.0. The number of rotatable bonds is 5. The smallest absolute Gasteiger partial charge is 0.257 e. The Morgan fingerprint density at radius 3 is 2.34 bits per heavy atom. The Morgan fingerprint density at radius 2 is 1.66 bits per heavy atom. The van der Waals surface area contributed by atoms with E-state index in [0.717, 1.165) is 40.1 Å². The van der Waals surface area contributed by atoms with Crippen LogP contribution in [0.25, 0.3) is 5.03 Å². The molecule has 0 atom stereocenters. The van der Waals surface area contributed by atoms with Crippen molar-refractivity contribution < 1.29 is 4.74 Å². The van der Waals surface area contributed by atoms with Gasteiger partial charge in [0, 0.05) is 41.4 Å². The van der Waals surface area contributed by atoms with Gasteiger partial charge in [-0.2, -0.15) is 0 Å². The van der Waals surface area contributed by atoms with Gasteiger partial charge in [-0.25, -0.2) is 4.98 Å². The first-order valence-electron chi connectivity index (χ1n) is 12.7. The van der Waals surface area contributed by atoms with Crippen LogP contribution in [0, 0.1) is 6.92 Å². The summed E-state index contributed by atoms with van der Waals surface area (Å²) in [5.41, 5.74) is 5.67. The van der Waals surface area contributed by atoms with Crippen LogP contribution in [0.2, 0.25) is 5.02 Å². The molecule has 0 amide bonds. The second-order valence-corrected chi connectivity index (χ2v) is 10.6. The van der Waals surface area contributed by atoms with Gasteiger partial charge in [0.05, 0.1) is 16.8 Å². The van der Waals surface area contributed by atoms with E-state index in [1.807, 2.05) is 60.0 Å². The maximum atomic E-state index is 14.0. The summed E-state index contributed by atoms with van der Waals surface area (Å²) in [5.74, 6) is 1.41. The molecule has 3 aromatic carbocycles. The Morgan fingerprint density at radius 1 is 0.974 bits per heavy atom. The molecule has 3 heterocycles. The lowest BCUT2D eigenvalue weighted by Gasteiger charge is -2.32. The molecule has 5 nitrogen and oxygen atoms in total. The third-order valence-electron chi connectivity index (χ3n) is 7.32. The van der Waals surface area contributed by atoms with Gasteiger partial charge in [-0.3, -0.25) is 14.3 Å². The van der Waals surface area contributed by atoms with Crippen molar-refractivity contribution >= 4 is 28.2 Å². The van der Waals surface area contributed by atoms with Crippen LogP contribution in [-0.4, -0.2) is 34.1 Å². The summed E-state index contributed by atoms with van der Waals surface area (Å²) in [5, 5.41) is 1.33. The van der Waals surface area contributed by atoms with Gasteiger partial charge >= 0.3 is 0 Å². The molecule has 0 saturated carbocycles. The van der Waals surface area contributed by atoms with Crippen LogP contribution in [0.15, 0.2) is 89.2 Å². The summed E-state index contributed by atoms with van der Waals surface area (Å²) in [6.45, 7) is 4.33. The van der Waals surface area contributed by atoms with E-state index in [2.05, 4.69) is 29.2 Å². The lowest BCUT2D eigenvalue weighted by atomic mass is 9.97. The molecule has 4 aromatic rings. The van der Waals surface area contributed by atoms with Crippen molar-refractivity contribution in [3.8, 4) is 5.75 Å². The zero-order valence-corrected chi connectivity index (χ0v) is 22.5. The molecule has 7 heteroatoms. The number of aromatic nitrogens is 2. The first kappa shape index (κ1) is 24.9. The first-order valence-corrected chi connectivity index (χ1v) is 13.5. The molecule has 2 aliphatic heterocycles. The van der Waals surface area contributed by atoms with Crippen molar-refractivity contribution in [1.82, 2.24) is 14.5 Å². The predicted octanol–water partition coefficient (Wildman–Crippen LogP) is 6.24. The molecule has 0 bridgehead atoms. The minimum atomic E-state index is -0.238. The molecule has 0 saturated heterocycles. The molecule has 0 fully saturated rings. The van der Waals surface area contributed by atoms with Crippen LogP contribution < -0.4 is 10.3 Å². The Balaban J connectivity index is 1.32. The van der Waals surface area contributed by atoms with Crippen LogP contribution in [-0.2, 0) is 13.0 Å². The monoisotopic (exact) mass is 543 g/mol. The van der Waals surface area contributed by atoms with Gasteiger partial charge < -0.3 is 4.74 Å². The predicted molar refractivity (Wildman–Crippen MR) is 152 cm³/mol. The maximum absolute atomic E-state index is 14.0. The van der Waals surface area contributed by atoms with E-state index in [0.29, 0.717) is 47.7 Å². The lowest BCUT2D eigenvalue weighted by Crippen LogP contribution is -2.40. The standard InChI is InChI=1S/C31H27Cl2N3O2/c1-20-34-27-18-35(17-23-19-38-28-16-24(32)12-13-26(28)29(23)33)15-14-25(27)31(37)36(20)30(21-8-4-2-5-9-21)22-10-6-3-7-11-22/h2-13,16,30H,14-15,17-19H2,1H3. The van der Waals surface area contributed by atoms with E-state index in [-0.39, 0.29) is 11.6 Å². The fourth-order valence-corrected chi connectivity index (χ4v) is 5.91. The van der Waals surface area contributed by atoms with Crippen molar-refractivity contribution in [2.24, 2.45) is 0 Å². The highest BCUT2D eigenvalue weighted by Crippen LogP contribution is 2.37. The summed E-state index contributed by atoms with van der Waals surface area (Å²) in [6.07, 6.45) is 0.635. The molecule has 0 N–H and O–H groups in total. The first-order chi connectivity index (χ1) is 18.5. The van der Waals surface area contributed by atoms with Gasteiger partial charge in [0.2, 0.25) is 0 Å². The molecule has 6 rings (SSSR count). The third-order valence-corrected chi connectivity index (χ3v) is 8.02. The summed E-state index contributed by atoms with van der Waals surface area (Å²) < 4.78 is 7.80. The number of fused-ring (bicyclic) bond motifs is 2. The Kier molecular flexibility index (Phi) is 6.83. The molecule has 2 aliphatic rings. The van der Waals surface area contributed by atoms with E-state index < -0.39 is 0 Å². The van der Waals surface area contributed by atoms with Crippen molar-refractivity contribution in [3.05, 3.63) is 134 Å². The van der Waals surface area contributed by atoms with Gasteiger partial charge in [0.25, 0.3) is 5.56 Å².